The Labute approximate surface area is 105 Å². The van der Waals surface area contributed by atoms with E-state index in [1.54, 1.807) is 0 Å². The number of unbranched alkanes of at least 4 members (excludes halogenated alkanes) is 1. The second-order valence-corrected chi connectivity index (χ2v) is 4.31. The summed E-state index contributed by atoms with van der Waals surface area (Å²) in [5.74, 6) is 0.426. The molecule has 0 saturated carbocycles. The summed E-state index contributed by atoms with van der Waals surface area (Å²) in [6.45, 7) is 1.87. The molecule has 1 N–H and O–H groups in total. The molecule has 0 radical (unpaired) electrons. The minimum atomic E-state index is 0.107. The minimum Gasteiger partial charge on any atom is -0.354 e. The van der Waals surface area contributed by atoms with Crippen molar-refractivity contribution in [3.8, 4) is 0 Å². The number of hydrogen-bond donors (Lipinski definition) is 1. The van der Waals surface area contributed by atoms with Gasteiger partial charge in [-0.2, -0.15) is 15.0 Å². The zero-order chi connectivity index (χ0) is 12.0. The summed E-state index contributed by atoms with van der Waals surface area (Å²) in [4.78, 5) is 13.6. The quantitative estimate of drug-likeness (QED) is 0.796. The smallest absolute Gasteiger partial charge is 0.228 e. The van der Waals surface area contributed by atoms with Crippen LogP contribution in [-0.4, -0.2) is 47.0 Å². The van der Waals surface area contributed by atoms with Gasteiger partial charge >= 0.3 is 0 Å². The van der Waals surface area contributed by atoms with Crippen LogP contribution in [-0.2, 0) is 0 Å². The van der Waals surface area contributed by atoms with Gasteiger partial charge in [-0.15, -0.1) is 0 Å². The predicted molar refractivity (Wildman–Crippen MR) is 66.1 cm³/mol. The number of aromatic nitrogens is 3. The Bertz CT molecular complexity index is 311. The molecular formula is C9H15Cl2N5. The van der Waals surface area contributed by atoms with Gasteiger partial charge in [-0.1, -0.05) is 0 Å². The Hall–Kier alpha value is -0.650. The Balaban J connectivity index is 2.26. The number of anilines is 1. The normalized spacial score (nSPS) is 10.8. The highest BCUT2D eigenvalue weighted by Gasteiger charge is 2.01. The first-order valence-corrected chi connectivity index (χ1v) is 5.79. The maximum atomic E-state index is 5.64. The molecule has 1 rings (SSSR count). The largest absolute Gasteiger partial charge is 0.354 e. The molecule has 0 saturated heterocycles. The van der Waals surface area contributed by atoms with Crippen molar-refractivity contribution in [2.45, 2.75) is 12.8 Å². The summed E-state index contributed by atoms with van der Waals surface area (Å²) < 4.78 is 0. The first-order chi connectivity index (χ1) is 7.58. The third-order valence-corrected chi connectivity index (χ3v) is 2.23. The minimum absolute atomic E-state index is 0.107. The molecule has 0 aliphatic rings. The molecule has 1 aromatic heterocycles. The van der Waals surface area contributed by atoms with Crippen LogP contribution in [0.5, 0.6) is 0 Å². The Morgan fingerprint density at radius 3 is 2.25 bits per heavy atom. The topological polar surface area (TPSA) is 53.9 Å². The lowest BCUT2D eigenvalue weighted by molar-refractivity contribution is 0.396. The maximum absolute atomic E-state index is 5.64. The van der Waals surface area contributed by atoms with Gasteiger partial charge in [0.25, 0.3) is 0 Å². The molecule has 5 nitrogen and oxygen atoms in total. The van der Waals surface area contributed by atoms with Crippen LogP contribution in [0.4, 0.5) is 5.95 Å². The van der Waals surface area contributed by atoms with E-state index < -0.39 is 0 Å². The first kappa shape index (κ1) is 13.4. The van der Waals surface area contributed by atoms with Crippen molar-refractivity contribution in [3.05, 3.63) is 10.6 Å². The highest BCUT2D eigenvalue weighted by atomic mass is 35.5. The van der Waals surface area contributed by atoms with Gasteiger partial charge in [0.1, 0.15) is 0 Å². The van der Waals surface area contributed by atoms with E-state index in [0.29, 0.717) is 5.95 Å². The van der Waals surface area contributed by atoms with E-state index in [9.17, 15) is 0 Å². The molecule has 16 heavy (non-hydrogen) atoms. The molecule has 0 aliphatic heterocycles. The van der Waals surface area contributed by atoms with Crippen LogP contribution >= 0.6 is 23.2 Å². The highest BCUT2D eigenvalue weighted by molar-refractivity contribution is 6.31. The molecular weight excluding hydrogens is 249 g/mol. The molecule has 0 unspecified atom stereocenters. The average Bonchev–Trinajstić information content (AvgIpc) is 2.15. The van der Waals surface area contributed by atoms with Crippen molar-refractivity contribution in [2.75, 3.05) is 32.5 Å². The van der Waals surface area contributed by atoms with Crippen molar-refractivity contribution in [3.63, 3.8) is 0 Å². The molecule has 0 amide bonds. The van der Waals surface area contributed by atoms with Crippen molar-refractivity contribution >= 4 is 29.2 Å². The Morgan fingerprint density at radius 1 is 1.06 bits per heavy atom. The third kappa shape index (κ3) is 5.44. The van der Waals surface area contributed by atoms with E-state index in [-0.39, 0.29) is 10.6 Å². The second kappa shape index (κ2) is 6.83. The van der Waals surface area contributed by atoms with Gasteiger partial charge in [-0.3, -0.25) is 0 Å². The summed E-state index contributed by atoms with van der Waals surface area (Å²) in [6, 6.07) is 0. The summed E-state index contributed by atoms with van der Waals surface area (Å²) in [6.07, 6.45) is 2.16. The van der Waals surface area contributed by atoms with E-state index >= 15 is 0 Å². The van der Waals surface area contributed by atoms with Crippen molar-refractivity contribution in [2.24, 2.45) is 0 Å². The fraction of sp³-hybridized carbons (Fsp3) is 0.667. The lowest BCUT2D eigenvalue weighted by atomic mass is 10.3. The fourth-order valence-corrected chi connectivity index (χ4v) is 1.52. The average molecular weight is 264 g/mol. The third-order valence-electron chi connectivity index (χ3n) is 1.90. The second-order valence-electron chi connectivity index (χ2n) is 3.63. The summed E-state index contributed by atoms with van der Waals surface area (Å²) in [5.41, 5.74) is 0. The van der Waals surface area contributed by atoms with Crippen molar-refractivity contribution in [1.29, 1.82) is 0 Å². The van der Waals surface area contributed by atoms with Crippen LogP contribution < -0.4 is 5.32 Å². The van der Waals surface area contributed by atoms with Gasteiger partial charge in [0.15, 0.2) is 0 Å². The molecule has 0 aliphatic carbocycles. The zero-order valence-corrected chi connectivity index (χ0v) is 10.9. The van der Waals surface area contributed by atoms with Gasteiger partial charge in [0.05, 0.1) is 0 Å². The monoisotopic (exact) mass is 263 g/mol. The van der Waals surface area contributed by atoms with Gasteiger partial charge in [0.2, 0.25) is 16.5 Å². The van der Waals surface area contributed by atoms with Gasteiger partial charge < -0.3 is 10.2 Å². The molecule has 0 aromatic carbocycles. The van der Waals surface area contributed by atoms with Gasteiger partial charge in [0, 0.05) is 6.54 Å². The van der Waals surface area contributed by atoms with E-state index in [0.717, 1.165) is 25.9 Å². The molecule has 0 atom stereocenters. The number of rotatable bonds is 6. The van der Waals surface area contributed by atoms with Crippen LogP contribution in [0, 0.1) is 0 Å². The standard InChI is InChI=1S/C9H15Cl2N5/c1-16(2)6-4-3-5-12-9-14-7(10)13-8(11)15-9/h3-6H2,1-2H3,(H,12,13,14,15). The number of halogens is 2. The Kier molecular flexibility index (Phi) is 5.73. The SMILES string of the molecule is CN(C)CCCCNc1nc(Cl)nc(Cl)n1. The molecule has 0 bridgehead atoms. The van der Waals surface area contributed by atoms with Crippen LogP contribution in [0.25, 0.3) is 0 Å². The number of hydrogen-bond acceptors (Lipinski definition) is 5. The van der Waals surface area contributed by atoms with Gasteiger partial charge in [-0.05, 0) is 56.7 Å². The van der Waals surface area contributed by atoms with E-state index in [1.165, 1.54) is 0 Å². The van der Waals surface area contributed by atoms with Crippen molar-refractivity contribution in [1.82, 2.24) is 19.9 Å². The van der Waals surface area contributed by atoms with Crippen LogP contribution in [0.3, 0.4) is 0 Å². The first-order valence-electron chi connectivity index (χ1n) is 5.03. The van der Waals surface area contributed by atoms with Crippen LogP contribution in [0.15, 0.2) is 0 Å². The zero-order valence-electron chi connectivity index (χ0n) is 9.37. The van der Waals surface area contributed by atoms with E-state index in [1.807, 2.05) is 0 Å². The summed E-state index contributed by atoms with van der Waals surface area (Å²) >= 11 is 11.3. The van der Waals surface area contributed by atoms with Crippen molar-refractivity contribution < 1.29 is 0 Å². The highest BCUT2D eigenvalue weighted by Crippen LogP contribution is 2.09. The molecule has 7 heteroatoms. The summed E-state index contributed by atoms with van der Waals surface area (Å²) in [7, 11) is 4.11. The summed E-state index contributed by atoms with van der Waals surface area (Å²) in [5, 5.41) is 3.26. The molecule has 1 heterocycles. The Morgan fingerprint density at radius 2 is 1.69 bits per heavy atom. The fourth-order valence-electron chi connectivity index (χ4n) is 1.16. The van der Waals surface area contributed by atoms with E-state index in [4.69, 9.17) is 23.2 Å². The molecule has 0 spiro atoms. The maximum Gasteiger partial charge on any atom is 0.228 e. The van der Waals surface area contributed by atoms with Crippen LogP contribution in [0.1, 0.15) is 12.8 Å². The number of nitrogens with zero attached hydrogens (tertiary/aromatic N) is 4. The van der Waals surface area contributed by atoms with Gasteiger partial charge in [-0.25, -0.2) is 0 Å². The lowest BCUT2D eigenvalue weighted by Gasteiger charge is -2.09. The van der Waals surface area contributed by atoms with Crippen LogP contribution in [0.2, 0.25) is 10.6 Å². The lowest BCUT2D eigenvalue weighted by Crippen LogP contribution is -2.14. The van der Waals surface area contributed by atoms with E-state index in [2.05, 4.69) is 39.3 Å². The molecule has 1 aromatic rings. The number of nitrogens with one attached hydrogen (secondary N) is 1. The predicted octanol–water partition coefficient (Wildman–Crippen LogP) is 1.93. The molecule has 0 fully saturated rings. The molecule has 90 valence electrons.